The average Bonchev–Trinajstić information content (AvgIpc) is 2.40. The van der Waals surface area contributed by atoms with Crippen molar-refractivity contribution in [2.75, 3.05) is 12.4 Å². The van der Waals surface area contributed by atoms with Crippen LogP contribution in [0.15, 0.2) is 10.5 Å². The highest BCUT2D eigenvalue weighted by Crippen LogP contribution is 2.06. The summed E-state index contributed by atoms with van der Waals surface area (Å²) in [6, 6.07) is 0. The normalized spacial score (nSPS) is 10.5. The van der Waals surface area contributed by atoms with Gasteiger partial charge < -0.3 is 11.1 Å². The Morgan fingerprint density at radius 1 is 1.82 bits per heavy atom. The van der Waals surface area contributed by atoms with Crippen LogP contribution in [0.5, 0.6) is 0 Å². The lowest BCUT2D eigenvalue weighted by Gasteiger charge is -1.95. The summed E-state index contributed by atoms with van der Waals surface area (Å²) in [5.74, 6) is 0.344. The standard InChI is InChI=1S/C4H7N5S.HI/c1-6-3(5)8-4-9-7-2-10-4;/h2H,1H3,(H3,5,6,8,9);1H. The molecule has 0 fully saturated rings. The van der Waals surface area contributed by atoms with Gasteiger partial charge in [-0.1, -0.05) is 11.3 Å². The van der Waals surface area contributed by atoms with Crippen molar-refractivity contribution in [3.63, 3.8) is 0 Å². The minimum atomic E-state index is 0. The Labute approximate surface area is 85.1 Å². The molecule has 0 spiro atoms. The molecule has 0 unspecified atom stereocenters. The molecule has 5 nitrogen and oxygen atoms in total. The second-order valence-corrected chi connectivity index (χ2v) is 2.31. The Morgan fingerprint density at radius 2 is 2.55 bits per heavy atom. The summed E-state index contributed by atoms with van der Waals surface area (Å²) in [6.45, 7) is 0. The van der Waals surface area contributed by atoms with E-state index in [1.807, 2.05) is 0 Å². The molecule has 0 amide bonds. The molecule has 1 aromatic rings. The van der Waals surface area contributed by atoms with E-state index >= 15 is 0 Å². The molecule has 11 heavy (non-hydrogen) atoms. The fraction of sp³-hybridized carbons (Fsp3) is 0.250. The molecule has 1 rings (SSSR count). The number of hydrogen-bond donors (Lipinski definition) is 2. The van der Waals surface area contributed by atoms with Crippen molar-refractivity contribution < 1.29 is 0 Å². The maximum Gasteiger partial charge on any atom is 0.212 e. The maximum atomic E-state index is 5.34. The molecule has 0 saturated heterocycles. The second kappa shape index (κ2) is 5.24. The first kappa shape index (κ1) is 10.6. The van der Waals surface area contributed by atoms with Crippen molar-refractivity contribution in [1.29, 1.82) is 0 Å². The van der Waals surface area contributed by atoms with E-state index in [4.69, 9.17) is 5.73 Å². The number of rotatable bonds is 1. The van der Waals surface area contributed by atoms with Crippen LogP contribution in [-0.2, 0) is 0 Å². The van der Waals surface area contributed by atoms with Gasteiger partial charge in [0, 0.05) is 7.05 Å². The van der Waals surface area contributed by atoms with E-state index in [0.29, 0.717) is 11.1 Å². The summed E-state index contributed by atoms with van der Waals surface area (Å²) in [5, 5.41) is 10.7. The molecule has 7 heteroatoms. The SMILES string of the molecule is CN=C(N)Nc1nncs1.I. The van der Waals surface area contributed by atoms with Gasteiger partial charge in [-0.2, -0.15) is 0 Å². The van der Waals surface area contributed by atoms with E-state index in [1.54, 1.807) is 12.6 Å². The Morgan fingerprint density at radius 3 is 3.00 bits per heavy atom. The lowest BCUT2D eigenvalue weighted by molar-refractivity contribution is 1.09. The fourth-order valence-corrected chi connectivity index (χ4v) is 0.845. The summed E-state index contributed by atoms with van der Waals surface area (Å²) in [4.78, 5) is 3.69. The third-order valence-corrected chi connectivity index (χ3v) is 1.44. The summed E-state index contributed by atoms with van der Waals surface area (Å²) in [6.07, 6.45) is 0. The topological polar surface area (TPSA) is 76.2 Å². The predicted molar refractivity (Wildman–Crippen MR) is 56.5 cm³/mol. The molecular formula is C4H8IN5S. The van der Waals surface area contributed by atoms with Crippen LogP contribution in [0.4, 0.5) is 5.13 Å². The van der Waals surface area contributed by atoms with E-state index in [-0.39, 0.29) is 24.0 Å². The number of hydrogen-bond acceptors (Lipinski definition) is 4. The van der Waals surface area contributed by atoms with Crippen LogP contribution in [0.2, 0.25) is 0 Å². The molecule has 0 aromatic carbocycles. The highest BCUT2D eigenvalue weighted by molar-refractivity contribution is 14.0. The lowest BCUT2D eigenvalue weighted by Crippen LogP contribution is -2.21. The molecule has 62 valence electrons. The minimum absolute atomic E-state index is 0. The number of nitrogens with zero attached hydrogens (tertiary/aromatic N) is 3. The van der Waals surface area contributed by atoms with Gasteiger partial charge in [-0.25, -0.2) is 0 Å². The maximum absolute atomic E-state index is 5.34. The first-order valence-corrected chi connectivity index (χ1v) is 3.46. The van der Waals surface area contributed by atoms with Crippen molar-refractivity contribution in [3.8, 4) is 0 Å². The zero-order valence-corrected chi connectivity index (χ0v) is 8.96. The van der Waals surface area contributed by atoms with E-state index in [2.05, 4.69) is 20.5 Å². The van der Waals surface area contributed by atoms with Gasteiger partial charge in [0.05, 0.1) is 0 Å². The molecule has 0 saturated carbocycles. The van der Waals surface area contributed by atoms with Gasteiger partial charge >= 0.3 is 0 Å². The summed E-state index contributed by atoms with van der Waals surface area (Å²) in [7, 11) is 1.60. The third kappa shape index (κ3) is 3.46. The molecule has 1 aromatic heterocycles. The first-order valence-electron chi connectivity index (χ1n) is 2.58. The molecule has 0 aliphatic rings. The Bertz CT molecular complexity index is 220. The van der Waals surface area contributed by atoms with Gasteiger partial charge in [-0.15, -0.1) is 34.2 Å². The second-order valence-electron chi connectivity index (χ2n) is 1.48. The molecule has 0 bridgehead atoms. The highest BCUT2D eigenvalue weighted by atomic mass is 127. The van der Waals surface area contributed by atoms with Crippen LogP contribution >= 0.6 is 35.3 Å². The van der Waals surface area contributed by atoms with E-state index in [1.165, 1.54) is 11.3 Å². The van der Waals surface area contributed by atoms with Crippen molar-refractivity contribution in [3.05, 3.63) is 5.51 Å². The van der Waals surface area contributed by atoms with Gasteiger partial charge in [0.15, 0.2) is 5.96 Å². The van der Waals surface area contributed by atoms with Gasteiger partial charge in [0.2, 0.25) is 5.13 Å². The molecular weight excluding hydrogens is 277 g/mol. The average molecular weight is 285 g/mol. The number of guanidine groups is 1. The monoisotopic (exact) mass is 285 g/mol. The smallest absolute Gasteiger partial charge is 0.212 e. The van der Waals surface area contributed by atoms with Crippen LogP contribution in [0, 0.1) is 0 Å². The lowest BCUT2D eigenvalue weighted by atomic mass is 10.9. The van der Waals surface area contributed by atoms with Gasteiger partial charge in [0.1, 0.15) is 5.51 Å². The van der Waals surface area contributed by atoms with Gasteiger partial charge in [-0.05, 0) is 0 Å². The number of aromatic nitrogens is 2. The molecule has 1 heterocycles. The number of aliphatic imine (C=N–C) groups is 1. The zero-order valence-electron chi connectivity index (χ0n) is 5.81. The Hall–Kier alpha value is -0.440. The van der Waals surface area contributed by atoms with E-state index in [9.17, 15) is 0 Å². The van der Waals surface area contributed by atoms with Crippen LogP contribution in [-0.4, -0.2) is 23.2 Å². The van der Waals surface area contributed by atoms with Gasteiger partial charge in [-0.3, -0.25) is 4.99 Å². The number of nitrogens with two attached hydrogens (primary N) is 1. The Kier molecular flexibility index (Phi) is 5.03. The summed E-state index contributed by atoms with van der Waals surface area (Å²) >= 11 is 1.37. The molecule has 0 atom stereocenters. The summed E-state index contributed by atoms with van der Waals surface area (Å²) in [5.41, 5.74) is 6.96. The van der Waals surface area contributed by atoms with E-state index < -0.39 is 0 Å². The van der Waals surface area contributed by atoms with Crippen molar-refractivity contribution in [2.24, 2.45) is 10.7 Å². The van der Waals surface area contributed by atoms with E-state index in [0.717, 1.165) is 0 Å². The van der Waals surface area contributed by atoms with Crippen molar-refractivity contribution >= 4 is 46.4 Å². The predicted octanol–water partition coefficient (Wildman–Crippen LogP) is 0.512. The van der Waals surface area contributed by atoms with Crippen molar-refractivity contribution in [1.82, 2.24) is 10.2 Å². The quantitative estimate of drug-likeness (QED) is 0.448. The van der Waals surface area contributed by atoms with Crippen LogP contribution in [0.1, 0.15) is 0 Å². The first-order chi connectivity index (χ1) is 4.83. The highest BCUT2D eigenvalue weighted by Gasteiger charge is 1.94. The van der Waals surface area contributed by atoms with Crippen molar-refractivity contribution in [2.45, 2.75) is 0 Å². The minimum Gasteiger partial charge on any atom is -0.370 e. The van der Waals surface area contributed by atoms with Crippen LogP contribution in [0.3, 0.4) is 0 Å². The number of nitrogens with one attached hydrogen (secondary N) is 1. The summed E-state index contributed by atoms with van der Waals surface area (Å²) < 4.78 is 0. The zero-order chi connectivity index (χ0) is 7.40. The van der Waals surface area contributed by atoms with Crippen LogP contribution in [0.25, 0.3) is 0 Å². The molecule has 3 N–H and O–H groups in total. The van der Waals surface area contributed by atoms with Gasteiger partial charge in [0.25, 0.3) is 0 Å². The molecule has 0 aliphatic carbocycles. The molecule has 0 radical (unpaired) electrons. The third-order valence-electron chi connectivity index (χ3n) is 0.836. The number of anilines is 1. The largest absolute Gasteiger partial charge is 0.370 e. The number of halogens is 1. The van der Waals surface area contributed by atoms with Crippen LogP contribution < -0.4 is 11.1 Å². The molecule has 0 aliphatic heterocycles. The fourth-order valence-electron chi connectivity index (χ4n) is 0.393. The Balaban J connectivity index is 0.000001000.